The van der Waals surface area contributed by atoms with E-state index in [1.54, 1.807) is 0 Å². The summed E-state index contributed by atoms with van der Waals surface area (Å²) in [6.07, 6.45) is -4.10. The van der Waals surface area contributed by atoms with Crippen LogP contribution < -0.4 is 11.2 Å². The van der Waals surface area contributed by atoms with Gasteiger partial charge in [-0.2, -0.15) is 18.3 Å². The van der Waals surface area contributed by atoms with Crippen LogP contribution in [0.25, 0.3) is 0 Å². The van der Waals surface area contributed by atoms with Crippen molar-refractivity contribution < 1.29 is 22.0 Å². The van der Waals surface area contributed by atoms with Gasteiger partial charge < -0.3 is 5.73 Å². The average molecular weight is 322 g/mol. The van der Waals surface area contributed by atoms with E-state index >= 15 is 0 Å². The zero-order valence-corrected chi connectivity index (χ0v) is 10.9. The van der Waals surface area contributed by atoms with Crippen molar-refractivity contribution in [1.29, 1.82) is 0 Å². The number of hydrazone groups is 1. The van der Waals surface area contributed by atoms with Crippen molar-refractivity contribution >= 4 is 28.5 Å². The van der Waals surface area contributed by atoms with Gasteiger partial charge in [-0.05, 0) is 12.1 Å². The summed E-state index contributed by atoms with van der Waals surface area (Å²) in [5.74, 6) is -2.50. The van der Waals surface area contributed by atoms with E-state index in [4.69, 9.17) is 5.73 Å². The highest BCUT2D eigenvalue weighted by Gasteiger charge is 2.32. The smallest absolute Gasteiger partial charge is 0.383 e. The number of halogens is 5. The highest BCUT2D eigenvalue weighted by Crippen LogP contribution is 2.31. The normalized spacial score (nSPS) is 12.0. The quantitative estimate of drug-likeness (QED) is 0.517. The van der Waals surface area contributed by atoms with Crippen molar-refractivity contribution in [1.82, 2.24) is 4.98 Å². The average Bonchev–Trinajstić information content (AvgIpc) is 2.77. The standard InChI is InChI=1S/C11H7F5N4S/c12-7-1-5(11(14,15)16)2-8(13)6(7)3-18-20-10-19-9(17)4-21-10/h1-4H,17H2,(H,19,20). The van der Waals surface area contributed by atoms with Crippen LogP contribution in [0.15, 0.2) is 22.6 Å². The van der Waals surface area contributed by atoms with Crippen LogP contribution in [-0.4, -0.2) is 11.2 Å². The molecular formula is C11H7F5N4S. The van der Waals surface area contributed by atoms with Gasteiger partial charge in [0, 0.05) is 5.38 Å². The first kappa shape index (κ1) is 15.2. The van der Waals surface area contributed by atoms with E-state index < -0.39 is 28.9 Å². The van der Waals surface area contributed by atoms with Gasteiger partial charge >= 0.3 is 6.18 Å². The fourth-order valence-electron chi connectivity index (χ4n) is 1.36. The molecule has 0 spiro atoms. The molecule has 112 valence electrons. The molecule has 0 radical (unpaired) electrons. The van der Waals surface area contributed by atoms with Gasteiger partial charge in [-0.1, -0.05) is 0 Å². The van der Waals surface area contributed by atoms with E-state index in [0.717, 1.165) is 17.6 Å². The van der Waals surface area contributed by atoms with E-state index in [0.29, 0.717) is 0 Å². The number of nitrogens with zero attached hydrogens (tertiary/aromatic N) is 2. The summed E-state index contributed by atoms with van der Waals surface area (Å²) in [4.78, 5) is 3.77. The molecule has 21 heavy (non-hydrogen) atoms. The molecule has 1 aromatic carbocycles. The van der Waals surface area contributed by atoms with E-state index in [2.05, 4.69) is 15.5 Å². The molecule has 0 unspecified atom stereocenters. The zero-order valence-electron chi connectivity index (χ0n) is 10.1. The minimum absolute atomic E-state index is 0.200. The number of hydrogen-bond donors (Lipinski definition) is 2. The SMILES string of the molecule is Nc1csc(NN=Cc2c(F)cc(C(F)(F)F)cc2F)n1. The van der Waals surface area contributed by atoms with Crippen LogP contribution in [0.3, 0.4) is 0 Å². The van der Waals surface area contributed by atoms with E-state index in [1.807, 2.05) is 0 Å². The molecule has 0 saturated carbocycles. The molecule has 2 aromatic rings. The first-order chi connectivity index (χ1) is 9.77. The van der Waals surface area contributed by atoms with Crippen molar-refractivity contribution in [2.45, 2.75) is 6.18 Å². The topological polar surface area (TPSA) is 63.3 Å². The van der Waals surface area contributed by atoms with E-state index in [9.17, 15) is 22.0 Å². The second-order valence-electron chi connectivity index (χ2n) is 3.80. The van der Waals surface area contributed by atoms with Crippen molar-refractivity contribution in [3.05, 3.63) is 40.3 Å². The molecule has 0 aliphatic rings. The number of thiazole rings is 1. The van der Waals surface area contributed by atoms with Gasteiger partial charge in [0.2, 0.25) is 5.13 Å². The fraction of sp³-hybridized carbons (Fsp3) is 0.0909. The van der Waals surface area contributed by atoms with Crippen LogP contribution in [0.5, 0.6) is 0 Å². The number of anilines is 2. The van der Waals surface area contributed by atoms with Gasteiger partial charge in [0.1, 0.15) is 17.5 Å². The molecule has 1 heterocycles. The number of nitrogen functional groups attached to an aromatic ring is 1. The lowest BCUT2D eigenvalue weighted by Gasteiger charge is -2.08. The maximum atomic E-state index is 13.5. The van der Waals surface area contributed by atoms with Crippen LogP contribution in [-0.2, 0) is 6.18 Å². The van der Waals surface area contributed by atoms with Crippen LogP contribution in [0.2, 0.25) is 0 Å². The lowest BCUT2D eigenvalue weighted by molar-refractivity contribution is -0.138. The van der Waals surface area contributed by atoms with Crippen LogP contribution in [0.4, 0.5) is 32.9 Å². The molecule has 10 heteroatoms. The predicted octanol–water partition coefficient (Wildman–Crippen LogP) is 3.47. The molecular weight excluding hydrogens is 315 g/mol. The molecule has 0 bridgehead atoms. The number of alkyl halides is 3. The van der Waals surface area contributed by atoms with Gasteiger partial charge in [-0.15, -0.1) is 11.3 Å². The van der Waals surface area contributed by atoms with Crippen molar-refractivity contribution in [3.63, 3.8) is 0 Å². The Bertz CT molecular complexity index is 656. The summed E-state index contributed by atoms with van der Waals surface area (Å²) in [7, 11) is 0. The lowest BCUT2D eigenvalue weighted by Crippen LogP contribution is -2.08. The molecule has 0 aliphatic carbocycles. The molecule has 0 aliphatic heterocycles. The summed E-state index contributed by atoms with van der Waals surface area (Å²) >= 11 is 1.10. The molecule has 0 saturated heterocycles. The molecule has 1 aromatic heterocycles. The number of hydrogen-bond acceptors (Lipinski definition) is 5. The van der Waals surface area contributed by atoms with Gasteiger partial charge in [-0.3, -0.25) is 5.43 Å². The van der Waals surface area contributed by atoms with Crippen LogP contribution >= 0.6 is 11.3 Å². The number of nitrogens with one attached hydrogen (secondary N) is 1. The number of rotatable bonds is 3. The Labute approximate surface area is 119 Å². The third-order valence-electron chi connectivity index (χ3n) is 2.28. The third kappa shape index (κ3) is 3.66. The second-order valence-corrected chi connectivity index (χ2v) is 4.66. The Hall–Kier alpha value is -2.23. The monoisotopic (exact) mass is 322 g/mol. The first-order valence-corrected chi connectivity index (χ1v) is 6.21. The molecule has 0 amide bonds. The lowest BCUT2D eigenvalue weighted by atomic mass is 10.1. The highest BCUT2D eigenvalue weighted by atomic mass is 32.1. The minimum atomic E-state index is -4.83. The molecule has 2 rings (SSSR count). The summed E-state index contributed by atoms with van der Waals surface area (Å²) < 4.78 is 64.0. The Kier molecular flexibility index (Phi) is 4.07. The Morgan fingerprint density at radius 2 is 1.86 bits per heavy atom. The van der Waals surface area contributed by atoms with Gasteiger partial charge in [0.15, 0.2) is 0 Å². The second kappa shape index (κ2) is 5.64. The van der Waals surface area contributed by atoms with E-state index in [1.165, 1.54) is 5.38 Å². The Morgan fingerprint density at radius 1 is 1.24 bits per heavy atom. The Morgan fingerprint density at radius 3 is 2.33 bits per heavy atom. The fourth-order valence-corrected chi connectivity index (χ4v) is 1.91. The number of aromatic nitrogens is 1. The van der Waals surface area contributed by atoms with E-state index in [-0.39, 0.29) is 23.1 Å². The summed E-state index contributed by atoms with van der Waals surface area (Å²) in [6.45, 7) is 0. The molecule has 3 N–H and O–H groups in total. The Balaban J connectivity index is 2.20. The van der Waals surface area contributed by atoms with Crippen LogP contribution in [0, 0.1) is 11.6 Å². The van der Waals surface area contributed by atoms with Crippen molar-refractivity contribution in [3.8, 4) is 0 Å². The minimum Gasteiger partial charge on any atom is -0.383 e. The maximum absolute atomic E-state index is 13.5. The van der Waals surface area contributed by atoms with Gasteiger partial charge in [-0.25, -0.2) is 13.8 Å². The summed E-state index contributed by atoms with van der Waals surface area (Å²) in [5.41, 5.74) is 5.60. The summed E-state index contributed by atoms with van der Waals surface area (Å²) in [6, 6.07) is 0.400. The largest absolute Gasteiger partial charge is 0.416 e. The zero-order chi connectivity index (χ0) is 15.6. The summed E-state index contributed by atoms with van der Waals surface area (Å²) in [5, 5.41) is 5.28. The first-order valence-electron chi connectivity index (χ1n) is 5.33. The molecule has 0 fully saturated rings. The molecule has 4 nitrogen and oxygen atoms in total. The van der Waals surface area contributed by atoms with Crippen LogP contribution in [0.1, 0.15) is 11.1 Å². The van der Waals surface area contributed by atoms with Crippen molar-refractivity contribution in [2.75, 3.05) is 11.2 Å². The third-order valence-corrected chi connectivity index (χ3v) is 3.05. The number of benzene rings is 1. The maximum Gasteiger partial charge on any atom is 0.416 e. The highest BCUT2D eigenvalue weighted by molar-refractivity contribution is 7.14. The molecule has 0 atom stereocenters. The predicted molar refractivity (Wildman–Crippen MR) is 69.1 cm³/mol. The van der Waals surface area contributed by atoms with Gasteiger partial charge in [0.05, 0.1) is 17.3 Å². The number of nitrogens with two attached hydrogens (primary N) is 1. The van der Waals surface area contributed by atoms with Crippen molar-refractivity contribution in [2.24, 2.45) is 5.10 Å². The van der Waals surface area contributed by atoms with Gasteiger partial charge in [0.25, 0.3) is 0 Å².